The molecule has 0 spiro atoms. The predicted octanol–water partition coefficient (Wildman–Crippen LogP) is 0.841. The summed E-state index contributed by atoms with van der Waals surface area (Å²) >= 11 is 1.31. The quantitative estimate of drug-likeness (QED) is 0.553. The third-order valence-corrected chi connectivity index (χ3v) is 5.77. The van der Waals surface area contributed by atoms with Crippen LogP contribution < -0.4 is 10.0 Å². The lowest BCUT2D eigenvalue weighted by atomic mass is 10.3. The first-order chi connectivity index (χ1) is 10.1. The Labute approximate surface area is 130 Å². The van der Waals surface area contributed by atoms with Gasteiger partial charge >= 0.3 is 0 Å². The second kappa shape index (κ2) is 10.3. The molecule has 0 bridgehead atoms. The summed E-state index contributed by atoms with van der Waals surface area (Å²) in [5.41, 5.74) is 0. The molecule has 0 fully saturated rings. The minimum absolute atomic E-state index is 0.261. The van der Waals surface area contributed by atoms with Crippen molar-refractivity contribution in [2.24, 2.45) is 0 Å². The number of rotatable bonds is 12. The Balaban J connectivity index is 2.36. The molecular weight excluding hydrogens is 312 g/mol. The van der Waals surface area contributed by atoms with Crippen molar-refractivity contribution in [1.29, 1.82) is 0 Å². The smallest absolute Gasteiger partial charge is 0.250 e. The van der Waals surface area contributed by atoms with Gasteiger partial charge in [-0.15, -0.1) is 11.3 Å². The van der Waals surface area contributed by atoms with E-state index in [1.54, 1.807) is 13.2 Å². The molecule has 0 aliphatic heterocycles. The van der Waals surface area contributed by atoms with E-state index in [0.29, 0.717) is 24.0 Å². The van der Waals surface area contributed by atoms with Crippen LogP contribution in [0.2, 0.25) is 0 Å². The van der Waals surface area contributed by atoms with Crippen LogP contribution in [0.1, 0.15) is 11.8 Å². The van der Waals surface area contributed by atoms with Crippen LogP contribution in [0.25, 0.3) is 0 Å². The van der Waals surface area contributed by atoms with Crippen LogP contribution >= 0.6 is 11.3 Å². The Morgan fingerprint density at radius 2 is 2.00 bits per heavy atom. The molecule has 6 nitrogen and oxygen atoms in total. The highest BCUT2D eigenvalue weighted by Gasteiger charge is 2.15. The monoisotopic (exact) mass is 336 g/mol. The van der Waals surface area contributed by atoms with E-state index in [0.717, 1.165) is 24.4 Å². The first kappa shape index (κ1) is 18.5. The first-order valence-corrected chi connectivity index (χ1v) is 9.26. The Bertz CT molecular complexity index is 488. The summed E-state index contributed by atoms with van der Waals surface area (Å²) in [5, 5.41) is 3.22. The molecular formula is C13H24N2O4S2. The van der Waals surface area contributed by atoms with Gasteiger partial charge in [-0.1, -0.05) is 6.92 Å². The average molecular weight is 336 g/mol. The zero-order valence-corrected chi connectivity index (χ0v) is 14.2. The molecule has 1 aromatic heterocycles. The van der Waals surface area contributed by atoms with Crippen molar-refractivity contribution in [3.05, 3.63) is 17.0 Å². The van der Waals surface area contributed by atoms with E-state index in [4.69, 9.17) is 9.47 Å². The zero-order chi connectivity index (χ0) is 15.6. The minimum Gasteiger partial charge on any atom is -0.382 e. The van der Waals surface area contributed by atoms with Crippen molar-refractivity contribution >= 4 is 21.4 Å². The molecule has 0 unspecified atom stereocenters. The molecule has 0 saturated carbocycles. The predicted molar refractivity (Wildman–Crippen MR) is 84.5 cm³/mol. The van der Waals surface area contributed by atoms with Crippen molar-refractivity contribution in [2.75, 3.05) is 46.6 Å². The molecule has 0 atom stereocenters. The summed E-state index contributed by atoms with van der Waals surface area (Å²) in [6, 6.07) is 3.52. The van der Waals surface area contributed by atoms with Crippen LogP contribution in [-0.2, 0) is 25.9 Å². The third-order valence-electron chi connectivity index (χ3n) is 2.67. The maximum absolute atomic E-state index is 12.1. The lowest BCUT2D eigenvalue weighted by molar-refractivity contribution is 0.0736. The summed E-state index contributed by atoms with van der Waals surface area (Å²) in [7, 11) is -1.83. The van der Waals surface area contributed by atoms with Crippen LogP contribution in [0.15, 0.2) is 16.3 Å². The van der Waals surface area contributed by atoms with Gasteiger partial charge in [-0.2, -0.15) is 0 Å². The fraction of sp³-hybridized carbons (Fsp3) is 0.692. The van der Waals surface area contributed by atoms with Gasteiger partial charge in [-0.05, 0) is 31.6 Å². The normalized spacial score (nSPS) is 11.9. The molecule has 0 aliphatic carbocycles. The van der Waals surface area contributed by atoms with Gasteiger partial charge in [0, 0.05) is 18.5 Å². The van der Waals surface area contributed by atoms with Gasteiger partial charge in [0.05, 0.1) is 19.8 Å². The molecule has 0 aliphatic rings. The summed E-state index contributed by atoms with van der Waals surface area (Å²) in [6.07, 6.45) is 0.841. The number of hydrogen-bond acceptors (Lipinski definition) is 6. The molecule has 122 valence electrons. The zero-order valence-electron chi connectivity index (χ0n) is 12.6. The number of thiophene rings is 1. The van der Waals surface area contributed by atoms with E-state index < -0.39 is 10.0 Å². The molecule has 0 amide bonds. The second-order valence-electron chi connectivity index (χ2n) is 4.33. The molecule has 8 heteroatoms. The number of sulfonamides is 1. The highest BCUT2D eigenvalue weighted by atomic mass is 32.2. The van der Waals surface area contributed by atoms with E-state index in [9.17, 15) is 8.42 Å². The maximum Gasteiger partial charge on any atom is 0.250 e. The van der Waals surface area contributed by atoms with Crippen LogP contribution in [0.5, 0.6) is 0 Å². The molecule has 0 aromatic carbocycles. The third kappa shape index (κ3) is 7.35. The summed E-state index contributed by atoms with van der Waals surface area (Å²) in [5.74, 6) is 0. The fourth-order valence-corrected chi connectivity index (χ4v) is 4.00. The van der Waals surface area contributed by atoms with Crippen molar-refractivity contribution < 1.29 is 17.9 Å². The Kier molecular flexibility index (Phi) is 9.05. The molecule has 2 N–H and O–H groups in total. The topological polar surface area (TPSA) is 76.7 Å². The van der Waals surface area contributed by atoms with Gasteiger partial charge in [0.15, 0.2) is 0 Å². The van der Waals surface area contributed by atoms with Crippen molar-refractivity contribution in [1.82, 2.24) is 10.0 Å². The molecule has 1 aromatic rings. The maximum atomic E-state index is 12.1. The van der Waals surface area contributed by atoms with Crippen LogP contribution in [0.3, 0.4) is 0 Å². The van der Waals surface area contributed by atoms with Gasteiger partial charge in [-0.3, -0.25) is 0 Å². The lowest BCUT2D eigenvalue weighted by Gasteiger charge is -2.05. The standard InChI is InChI=1S/C13H24N2O4S2/c1-3-14-7-6-12-4-5-13(20-12)21(16,17)15-8-9-19-11-10-18-2/h4-5,14-15H,3,6-11H2,1-2H3. The summed E-state index contributed by atoms with van der Waals surface area (Å²) in [6.45, 7) is 5.39. The van der Waals surface area contributed by atoms with Crippen LogP contribution in [-0.4, -0.2) is 55.0 Å². The minimum atomic E-state index is -3.43. The number of likely N-dealkylation sites (N-methyl/N-ethyl adjacent to an activating group) is 1. The fourth-order valence-electron chi connectivity index (χ4n) is 1.59. The van der Waals surface area contributed by atoms with Crippen molar-refractivity contribution in [3.63, 3.8) is 0 Å². The second-order valence-corrected chi connectivity index (χ2v) is 7.49. The van der Waals surface area contributed by atoms with E-state index in [1.165, 1.54) is 11.3 Å². The van der Waals surface area contributed by atoms with Gasteiger partial charge in [0.2, 0.25) is 10.0 Å². The first-order valence-electron chi connectivity index (χ1n) is 6.96. The summed E-state index contributed by atoms with van der Waals surface area (Å²) < 4.78 is 37.1. The average Bonchev–Trinajstić information content (AvgIpc) is 2.93. The largest absolute Gasteiger partial charge is 0.382 e. The number of methoxy groups -OCH3 is 1. The van der Waals surface area contributed by atoms with E-state index in [-0.39, 0.29) is 6.54 Å². The molecule has 0 saturated heterocycles. The Hall–Kier alpha value is -0.510. The lowest BCUT2D eigenvalue weighted by Crippen LogP contribution is -2.27. The number of hydrogen-bond donors (Lipinski definition) is 2. The SMILES string of the molecule is CCNCCc1ccc(S(=O)(=O)NCCOCCOC)s1. The molecule has 1 heterocycles. The van der Waals surface area contributed by atoms with E-state index >= 15 is 0 Å². The molecule has 0 radical (unpaired) electrons. The molecule has 21 heavy (non-hydrogen) atoms. The van der Waals surface area contributed by atoms with Crippen LogP contribution in [0, 0.1) is 0 Å². The Morgan fingerprint density at radius 1 is 1.19 bits per heavy atom. The highest BCUT2D eigenvalue weighted by Crippen LogP contribution is 2.21. The van der Waals surface area contributed by atoms with Crippen molar-refractivity contribution in [3.8, 4) is 0 Å². The Morgan fingerprint density at radius 3 is 2.71 bits per heavy atom. The van der Waals surface area contributed by atoms with E-state index in [1.807, 2.05) is 13.0 Å². The van der Waals surface area contributed by atoms with Gasteiger partial charge in [0.25, 0.3) is 0 Å². The van der Waals surface area contributed by atoms with E-state index in [2.05, 4.69) is 10.0 Å². The van der Waals surface area contributed by atoms with Gasteiger partial charge in [0.1, 0.15) is 4.21 Å². The van der Waals surface area contributed by atoms with Crippen molar-refractivity contribution in [2.45, 2.75) is 17.6 Å². The molecule has 1 rings (SSSR count). The number of ether oxygens (including phenoxy) is 2. The number of nitrogens with one attached hydrogen (secondary N) is 2. The van der Waals surface area contributed by atoms with Crippen LogP contribution in [0.4, 0.5) is 0 Å². The van der Waals surface area contributed by atoms with Gasteiger partial charge < -0.3 is 14.8 Å². The van der Waals surface area contributed by atoms with Gasteiger partial charge in [-0.25, -0.2) is 13.1 Å². The highest BCUT2D eigenvalue weighted by molar-refractivity contribution is 7.91. The summed E-state index contributed by atoms with van der Waals surface area (Å²) in [4.78, 5) is 1.06.